The highest BCUT2D eigenvalue weighted by Crippen LogP contribution is 2.22. The van der Waals surface area contributed by atoms with Crippen LogP contribution in [0.1, 0.15) is 21.6 Å². The van der Waals surface area contributed by atoms with E-state index in [9.17, 15) is 4.79 Å². The molecule has 2 heterocycles. The molecule has 0 unspecified atom stereocenters. The number of rotatable bonds is 3. The Morgan fingerprint density at radius 2 is 1.95 bits per heavy atom. The molecule has 0 fully saturated rings. The maximum Gasteiger partial charge on any atom is 0.254 e. The van der Waals surface area contributed by atoms with Gasteiger partial charge in [-0.2, -0.15) is 0 Å². The van der Waals surface area contributed by atoms with Crippen molar-refractivity contribution in [3.05, 3.63) is 65.6 Å². The van der Waals surface area contributed by atoms with Gasteiger partial charge in [-0.3, -0.25) is 9.78 Å². The Morgan fingerprint density at radius 1 is 1.18 bits per heavy atom. The molecule has 1 aromatic carbocycles. The molecule has 4 nitrogen and oxygen atoms in total. The van der Waals surface area contributed by atoms with Gasteiger partial charge in [-0.1, -0.05) is 18.2 Å². The first-order valence-corrected chi connectivity index (χ1v) is 7.26. The van der Waals surface area contributed by atoms with E-state index in [1.165, 1.54) is 16.5 Å². The van der Waals surface area contributed by atoms with Crippen LogP contribution in [0.15, 0.2) is 48.8 Å². The molecular formula is C18H19N3O. The predicted molar refractivity (Wildman–Crippen MR) is 88.0 cm³/mol. The standard InChI is InChI=1S/C18H19N3O/c1-20(2)18(22)13-8-9-15(19-11-13)10-14-12-21(3)17-7-5-4-6-16(14)17/h4-9,11-12H,10H2,1-3H3. The number of hydrogen-bond acceptors (Lipinski definition) is 2. The van der Waals surface area contributed by atoms with Crippen molar-refractivity contribution in [2.45, 2.75) is 6.42 Å². The highest BCUT2D eigenvalue weighted by Gasteiger charge is 2.10. The molecule has 0 atom stereocenters. The Kier molecular flexibility index (Phi) is 3.67. The number of hydrogen-bond donors (Lipinski definition) is 0. The van der Waals surface area contributed by atoms with E-state index in [-0.39, 0.29) is 5.91 Å². The van der Waals surface area contributed by atoms with Gasteiger partial charge in [-0.15, -0.1) is 0 Å². The third-order valence-electron chi connectivity index (χ3n) is 3.83. The van der Waals surface area contributed by atoms with Crippen LogP contribution >= 0.6 is 0 Å². The van der Waals surface area contributed by atoms with Gasteiger partial charge >= 0.3 is 0 Å². The monoisotopic (exact) mass is 293 g/mol. The van der Waals surface area contributed by atoms with E-state index in [4.69, 9.17) is 0 Å². The Balaban J connectivity index is 1.88. The van der Waals surface area contributed by atoms with Crippen molar-refractivity contribution in [2.75, 3.05) is 14.1 Å². The highest BCUT2D eigenvalue weighted by molar-refractivity contribution is 5.93. The topological polar surface area (TPSA) is 38.1 Å². The van der Waals surface area contributed by atoms with Crippen molar-refractivity contribution in [3.63, 3.8) is 0 Å². The van der Waals surface area contributed by atoms with Gasteiger partial charge in [-0.25, -0.2) is 0 Å². The van der Waals surface area contributed by atoms with Gasteiger partial charge in [0.15, 0.2) is 0 Å². The van der Waals surface area contributed by atoms with Gasteiger partial charge in [0.2, 0.25) is 0 Å². The molecule has 112 valence electrons. The number of amides is 1. The number of fused-ring (bicyclic) bond motifs is 1. The summed E-state index contributed by atoms with van der Waals surface area (Å²) in [6.45, 7) is 0. The Morgan fingerprint density at radius 3 is 2.64 bits per heavy atom. The Hall–Kier alpha value is -2.62. The van der Waals surface area contributed by atoms with Gasteiger partial charge < -0.3 is 9.47 Å². The normalized spacial score (nSPS) is 10.9. The van der Waals surface area contributed by atoms with Crippen LogP contribution in [-0.2, 0) is 13.5 Å². The van der Waals surface area contributed by atoms with E-state index in [0.29, 0.717) is 5.56 Å². The van der Waals surface area contributed by atoms with Crippen molar-refractivity contribution < 1.29 is 4.79 Å². The summed E-state index contributed by atoms with van der Waals surface area (Å²) in [6.07, 6.45) is 4.56. The van der Waals surface area contributed by atoms with Gasteiger partial charge in [0.1, 0.15) is 0 Å². The van der Waals surface area contributed by atoms with Crippen molar-refractivity contribution in [1.82, 2.24) is 14.5 Å². The molecular weight excluding hydrogens is 274 g/mol. The SMILES string of the molecule is CN(C)C(=O)c1ccc(Cc2cn(C)c3ccccc23)nc1. The fourth-order valence-corrected chi connectivity index (χ4v) is 2.68. The van der Waals surface area contributed by atoms with Crippen molar-refractivity contribution in [3.8, 4) is 0 Å². The highest BCUT2D eigenvalue weighted by atomic mass is 16.2. The molecule has 0 N–H and O–H groups in total. The molecule has 0 aliphatic carbocycles. The zero-order valence-electron chi connectivity index (χ0n) is 13.1. The number of pyridine rings is 1. The Labute approximate surface area is 130 Å². The zero-order chi connectivity index (χ0) is 15.7. The molecule has 2 aromatic heterocycles. The van der Waals surface area contributed by atoms with Crippen molar-refractivity contribution >= 4 is 16.8 Å². The molecule has 0 aliphatic rings. The second-order valence-corrected chi connectivity index (χ2v) is 5.70. The second-order valence-electron chi connectivity index (χ2n) is 5.70. The molecule has 3 rings (SSSR count). The van der Waals surface area contributed by atoms with Crippen LogP contribution in [0.2, 0.25) is 0 Å². The van der Waals surface area contributed by atoms with E-state index >= 15 is 0 Å². The number of carbonyl (C=O) groups excluding carboxylic acids is 1. The predicted octanol–water partition coefficient (Wildman–Crippen LogP) is 2.87. The van der Waals surface area contributed by atoms with E-state index in [1.807, 2.05) is 18.2 Å². The summed E-state index contributed by atoms with van der Waals surface area (Å²) < 4.78 is 2.13. The Bertz CT molecular complexity index is 816. The molecule has 0 aliphatic heterocycles. The van der Waals surface area contributed by atoms with Gasteiger partial charge in [0, 0.05) is 56.6 Å². The summed E-state index contributed by atoms with van der Waals surface area (Å²) >= 11 is 0. The number of benzene rings is 1. The summed E-state index contributed by atoms with van der Waals surface area (Å²) in [5.74, 6) is -0.0239. The number of para-hydroxylation sites is 1. The molecule has 0 bridgehead atoms. The minimum absolute atomic E-state index is 0.0239. The first-order chi connectivity index (χ1) is 10.6. The summed E-state index contributed by atoms with van der Waals surface area (Å²) in [5.41, 5.74) is 4.05. The summed E-state index contributed by atoms with van der Waals surface area (Å²) in [4.78, 5) is 17.9. The summed E-state index contributed by atoms with van der Waals surface area (Å²) in [6, 6.07) is 12.1. The van der Waals surface area contributed by atoms with Crippen LogP contribution in [-0.4, -0.2) is 34.5 Å². The number of carbonyl (C=O) groups is 1. The quantitative estimate of drug-likeness (QED) is 0.745. The zero-order valence-corrected chi connectivity index (χ0v) is 13.1. The maximum absolute atomic E-state index is 11.9. The summed E-state index contributed by atoms with van der Waals surface area (Å²) in [5, 5.41) is 1.25. The average Bonchev–Trinajstić information content (AvgIpc) is 2.84. The van der Waals surface area contributed by atoms with Crippen LogP contribution in [0, 0.1) is 0 Å². The molecule has 0 saturated heterocycles. The van der Waals surface area contributed by atoms with Gasteiger partial charge in [0.25, 0.3) is 5.91 Å². The summed E-state index contributed by atoms with van der Waals surface area (Å²) in [7, 11) is 5.54. The first kappa shape index (κ1) is 14.3. The van der Waals surface area contributed by atoms with Crippen LogP contribution in [0.25, 0.3) is 10.9 Å². The van der Waals surface area contributed by atoms with Crippen molar-refractivity contribution in [2.24, 2.45) is 7.05 Å². The minimum Gasteiger partial charge on any atom is -0.350 e. The van der Waals surface area contributed by atoms with Crippen molar-refractivity contribution in [1.29, 1.82) is 0 Å². The fraction of sp³-hybridized carbons (Fsp3) is 0.222. The van der Waals surface area contributed by atoms with Crippen LogP contribution in [0.5, 0.6) is 0 Å². The maximum atomic E-state index is 11.9. The van der Waals surface area contributed by atoms with Crippen LogP contribution < -0.4 is 0 Å². The molecule has 0 radical (unpaired) electrons. The largest absolute Gasteiger partial charge is 0.350 e. The van der Waals surface area contributed by atoms with E-state index < -0.39 is 0 Å². The minimum atomic E-state index is -0.0239. The van der Waals surface area contributed by atoms with E-state index in [0.717, 1.165) is 12.1 Å². The third-order valence-corrected chi connectivity index (χ3v) is 3.83. The number of aromatic nitrogens is 2. The third kappa shape index (κ3) is 2.60. The van der Waals surface area contributed by atoms with E-state index in [1.54, 1.807) is 25.2 Å². The lowest BCUT2D eigenvalue weighted by molar-refractivity contribution is 0.0827. The lowest BCUT2D eigenvalue weighted by Gasteiger charge is -2.10. The lowest BCUT2D eigenvalue weighted by Crippen LogP contribution is -2.21. The molecule has 3 aromatic rings. The van der Waals surface area contributed by atoms with Gasteiger partial charge in [-0.05, 0) is 23.8 Å². The fourth-order valence-electron chi connectivity index (χ4n) is 2.68. The molecule has 22 heavy (non-hydrogen) atoms. The molecule has 0 saturated carbocycles. The average molecular weight is 293 g/mol. The number of nitrogens with zero attached hydrogens (tertiary/aromatic N) is 3. The first-order valence-electron chi connectivity index (χ1n) is 7.26. The lowest BCUT2D eigenvalue weighted by atomic mass is 10.1. The number of aryl methyl sites for hydroxylation is 1. The molecule has 4 heteroatoms. The van der Waals surface area contributed by atoms with Gasteiger partial charge in [0.05, 0.1) is 5.56 Å². The van der Waals surface area contributed by atoms with E-state index in [2.05, 4.69) is 41.0 Å². The van der Waals surface area contributed by atoms with Crippen LogP contribution in [0.4, 0.5) is 0 Å². The smallest absolute Gasteiger partial charge is 0.254 e. The molecule has 0 spiro atoms. The molecule has 1 amide bonds. The second kappa shape index (κ2) is 5.64. The van der Waals surface area contributed by atoms with Crippen LogP contribution in [0.3, 0.4) is 0 Å².